The lowest BCUT2D eigenvalue weighted by Gasteiger charge is -2.10. The first kappa shape index (κ1) is 13.1. The van der Waals surface area contributed by atoms with Crippen molar-refractivity contribution in [2.24, 2.45) is 5.84 Å². The van der Waals surface area contributed by atoms with E-state index < -0.39 is 0 Å². The number of nitrogen functional groups attached to an aromatic ring is 1. The molecule has 0 fully saturated rings. The van der Waals surface area contributed by atoms with Crippen LogP contribution in [0.2, 0.25) is 0 Å². The highest BCUT2D eigenvalue weighted by molar-refractivity contribution is 5.99. The number of aromatic amines is 1. The number of aryl methyl sites for hydroxylation is 1. The molecule has 0 bridgehead atoms. The number of aromatic nitrogens is 2. The topological polar surface area (TPSA) is 95.8 Å². The maximum Gasteiger partial charge on any atom is 0.253 e. The quantitative estimate of drug-likeness (QED) is 0.475. The third-order valence-electron chi connectivity index (χ3n) is 2.81. The van der Waals surface area contributed by atoms with Crippen LogP contribution in [0.3, 0.4) is 0 Å². The van der Waals surface area contributed by atoms with Gasteiger partial charge in [0.25, 0.3) is 5.91 Å². The van der Waals surface area contributed by atoms with Gasteiger partial charge in [-0.1, -0.05) is 11.6 Å². The number of hydrogen-bond acceptors (Lipinski definition) is 4. The van der Waals surface area contributed by atoms with Crippen molar-refractivity contribution in [3.63, 3.8) is 0 Å². The number of carbonyl (C=O) groups is 1. The van der Waals surface area contributed by atoms with Crippen LogP contribution < -0.4 is 16.6 Å². The number of hydrogen-bond donors (Lipinski definition) is 4. The number of carbonyl (C=O) groups excluding carboxylic acids is 1. The highest BCUT2D eigenvalue weighted by Gasteiger charge is 2.10. The molecule has 1 aromatic heterocycles. The van der Waals surface area contributed by atoms with Gasteiger partial charge in [-0.15, -0.1) is 0 Å². The highest BCUT2D eigenvalue weighted by atomic mass is 16.1. The average Bonchev–Trinajstić information content (AvgIpc) is 2.91. The molecule has 2 aromatic rings. The Kier molecular flexibility index (Phi) is 4.15. The van der Waals surface area contributed by atoms with E-state index in [-0.39, 0.29) is 5.91 Å². The van der Waals surface area contributed by atoms with Crippen LogP contribution >= 0.6 is 0 Å². The van der Waals surface area contributed by atoms with E-state index in [2.05, 4.69) is 20.7 Å². The van der Waals surface area contributed by atoms with Crippen molar-refractivity contribution in [1.82, 2.24) is 15.3 Å². The van der Waals surface area contributed by atoms with E-state index in [1.54, 1.807) is 24.7 Å². The molecule has 19 heavy (non-hydrogen) atoms. The van der Waals surface area contributed by atoms with E-state index in [0.29, 0.717) is 24.2 Å². The van der Waals surface area contributed by atoms with Gasteiger partial charge in [-0.3, -0.25) is 10.6 Å². The molecule has 0 atom stereocenters. The van der Waals surface area contributed by atoms with Gasteiger partial charge < -0.3 is 15.7 Å². The van der Waals surface area contributed by atoms with Gasteiger partial charge in [0, 0.05) is 24.9 Å². The molecular formula is C13H17N5O. The van der Waals surface area contributed by atoms with Crippen LogP contribution in [-0.4, -0.2) is 22.4 Å². The van der Waals surface area contributed by atoms with E-state index in [1.807, 2.05) is 13.0 Å². The molecule has 0 radical (unpaired) electrons. The Morgan fingerprint density at radius 1 is 1.47 bits per heavy atom. The Hall–Kier alpha value is -2.34. The van der Waals surface area contributed by atoms with Crippen LogP contribution in [-0.2, 0) is 6.42 Å². The number of hydrazine groups is 1. The maximum absolute atomic E-state index is 12.1. The molecule has 0 spiro atoms. The summed E-state index contributed by atoms with van der Waals surface area (Å²) >= 11 is 0. The van der Waals surface area contributed by atoms with E-state index in [0.717, 1.165) is 11.3 Å². The third kappa shape index (κ3) is 3.32. The summed E-state index contributed by atoms with van der Waals surface area (Å²) in [5.74, 6) is 5.26. The van der Waals surface area contributed by atoms with Gasteiger partial charge >= 0.3 is 0 Å². The molecule has 0 aliphatic heterocycles. The van der Waals surface area contributed by atoms with Crippen molar-refractivity contribution in [1.29, 1.82) is 0 Å². The van der Waals surface area contributed by atoms with Crippen molar-refractivity contribution in [3.8, 4) is 0 Å². The molecule has 1 aromatic carbocycles. The second-order valence-corrected chi connectivity index (χ2v) is 4.28. The number of anilines is 1. The smallest absolute Gasteiger partial charge is 0.253 e. The van der Waals surface area contributed by atoms with Crippen LogP contribution in [0.15, 0.2) is 30.7 Å². The van der Waals surface area contributed by atoms with Gasteiger partial charge in [-0.25, -0.2) is 4.98 Å². The van der Waals surface area contributed by atoms with E-state index in [9.17, 15) is 4.79 Å². The number of rotatable bonds is 5. The first-order valence-corrected chi connectivity index (χ1v) is 6.03. The maximum atomic E-state index is 12.1. The third-order valence-corrected chi connectivity index (χ3v) is 2.81. The molecule has 1 amide bonds. The van der Waals surface area contributed by atoms with Crippen LogP contribution in [0.1, 0.15) is 21.6 Å². The van der Waals surface area contributed by atoms with Crippen LogP contribution in [0.4, 0.5) is 5.69 Å². The summed E-state index contributed by atoms with van der Waals surface area (Å²) in [6, 6.07) is 5.50. The predicted molar refractivity (Wildman–Crippen MR) is 73.6 cm³/mol. The summed E-state index contributed by atoms with van der Waals surface area (Å²) in [4.78, 5) is 19.0. The van der Waals surface area contributed by atoms with Gasteiger partial charge in [0.2, 0.25) is 0 Å². The van der Waals surface area contributed by atoms with Crippen molar-refractivity contribution < 1.29 is 4.79 Å². The Labute approximate surface area is 111 Å². The Balaban J connectivity index is 1.97. The van der Waals surface area contributed by atoms with Gasteiger partial charge in [-0.05, 0) is 19.1 Å². The lowest BCUT2D eigenvalue weighted by Crippen LogP contribution is -2.27. The fourth-order valence-electron chi connectivity index (χ4n) is 1.80. The molecule has 0 aliphatic rings. The van der Waals surface area contributed by atoms with Crippen LogP contribution in [0.5, 0.6) is 0 Å². The fraction of sp³-hybridized carbons (Fsp3) is 0.231. The molecule has 2 rings (SSSR count). The largest absolute Gasteiger partial charge is 0.352 e. The lowest BCUT2D eigenvalue weighted by molar-refractivity contribution is 0.0955. The molecule has 0 aliphatic carbocycles. The summed E-state index contributed by atoms with van der Waals surface area (Å²) in [7, 11) is 0. The number of amides is 1. The fourth-order valence-corrected chi connectivity index (χ4v) is 1.80. The molecule has 0 saturated heterocycles. The minimum atomic E-state index is -0.142. The normalized spacial score (nSPS) is 10.2. The van der Waals surface area contributed by atoms with Gasteiger partial charge in [-0.2, -0.15) is 0 Å². The number of nitrogens with one attached hydrogen (secondary N) is 3. The number of benzene rings is 1. The molecule has 0 unspecified atom stereocenters. The Morgan fingerprint density at radius 3 is 3.00 bits per heavy atom. The van der Waals surface area contributed by atoms with Gasteiger partial charge in [0.1, 0.15) is 0 Å². The van der Waals surface area contributed by atoms with Crippen molar-refractivity contribution in [3.05, 3.63) is 47.5 Å². The Morgan fingerprint density at radius 2 is 2.32 bits per heavy atom. The number of nitrogens with zero attached hydrogens (tertiary/aromatic N) is 1. The van der Waals surface area contributed by atoms with Crippen molar-refractivity contribution in [2.75, 3.05) is 12.0 Å². The summed E-state index contributed by atoms with van der Waals surface area (Å²) in [6.07, 6.45) is 4.07. The first-order chi connectivity index (χ1) is 9.20. The molecule has 6 nitrogen and oxygen atoms in total. The number of nitrogens with two attached hydrogens (primary N) is 1. The summed E-state index contributed by atoms with van der Waals surface area (Å²) in [5.41, 5.74) is 5.69. The van der Waals surface area contributed by atoms with E-state index >= 15 is 0 Å². The zero-order chi connectivity index (χ0) is 13.7. The SMILES string of the molecule is Cc1ccc(NN)c(C(=O)NCCc2cnc[nH]2)c1. The number of imidazole rings is 1. The van der Waals surface area contributed by atoms with Crippen LogP contribution in [0.25, 0.3) is 0 Å². The van der Waals surface area contributed by atoms with E-state index in [4.69, 9.17) is 5.84 Å². The molecule has 5 N–H and O–H groups in total. The van der Waals surface area contributed by atoms with E-state index in [1.165, 1.54) is 0 Å². The summed E-state index contributed by atoms with van der Waals surface area (Å²) in [5, 5.41) is 2.86. The molecule has 100 valence electrons. The molecule has 6 heteroatoms. The second kappa shape index (κ2) is 6.01. The molecule has 0 saturated carbocycles. The molecular weight excluding hydrogens is 242 g/mol. The average molecular weight is 259 g/mol. The second-order valence-electron chi connectivity index (χ2n) is 4.28. The predicted octanol–water partition coefficient (Wildman–Crippen LogP) is 0.976. The van der Waals surface area contributed by atoms with Crippen molar-refractivity contribution in [2.45, 2.75) is 13.3 Å². The van der Waals surface area contributed by atoms with Crippen LogP contribution in [0, 0.1) is 6.92 Å². The summed E-state index contributed by atoms with van der Waals surface area (Å²) in [6.45, 7) is 2.47. The minimum absolute atomic E-state index is 0.142. The van der Waals surface area contributed by atoms with Gasteiger partial charge in [0.15, 0.2) is 0 Å². The van der Waals surface area contributed by atoms with Gasteiger partial charge in [0.05, 0.1) is 17.6 Å². The summed E-state index contributed by atoms with van der Waals surface area (Å²) < 4.78 is 0. The number of H-pyrrole nitrogens is 1. The Bertz CT molecular complexity index is 550. The van der Waals surface area contributed by atoms with Crippen molar-refractivity contribution >= 4 is 11.6 Å². The minimum Gasteiger partial charge on any atom is -0.352 e. The lowest BCUT2D eigenvalue weighted by atomic mass is 10.1. The zero-order valence-corrected chi connectivity index (χ0v) is 10.7. The monoisotopic (exact) mass is 259 g/mol. The highest BCUT2D eigenvalue weighted by Crippen LogP contribution is 2.15. The first-order valence-electron chi connectivity index (χ1n) is 6.03. The zero-order valence-electron chi connectivity index (χ0n) is 10.7. The standard InChI is InChI=1S/C13H17N5O/c1-9-2-3-12(18-14)11(6-9)13(19)16-5-4-10-7-15-8-17-10/h2-3,6-8,18H,4-5,14H2,1H3,(H,15,17)(H,16,19). The molecule has 1 heterocycles.